The SMILES string of the molecule is COc1ccc2ncc(OCCCN3CCC3C(N)=O)nc2c1. The molecule has 0 spiro atoms. The lowest BCUT2D eigenvalue weighted by molar-refractivity contribution is -0.127. The molecule has 1 saturated heterocycles. The molecule has 1 unspecified atom stereocenters. The summed E-state index contributed by atoms with van der Waals surface area (Å²) < 4.78 is 10.8. The summed E-state index contributed by atoms with van der Waals surface area (Å²) in [5.74, 6) is 0.978. The minimum Gasteiger partial charge on any atom is -0.497 e. The Morgan fingerprint density at radius 3 is 3.00 bits per heavy atom. The summed E-state index contributed by atoms with van der Waals surface area (Å²) in [5.41, 5.74) is 6.85. The number of amides is 1. The van der Waals surface area contributed by atoms with Gasteiger partial charge in [-0.1, -0.05) is 0 Å². The van der Waals surface area contributed by atoms with Crippen LogP contribution in [0.15, 0.2) is 24.4 Å². The highest BCUT2D eigenvalue weighted by Gasteiger charge is 2.31. The van der Waals surface area contributed by atoms with E-state index in [-0.39, 0.29) is 11.9 Å². The number of nitrogens with zero attached hydrogens (tertiary/aromatic N) is 3. The smallest absolute Gasteiger partial charge is 0.234 e. The standard InChI is InChI=1S/C16H20N4O3/c1-22-11-3-4-12-13(9-11)19-15(10-18-12)23-8-2-6-20-7-5-14(20)16(17)21/h3-4,9-10,14H,2,5-8H2,1H3,(H2,17,21). The number of benzene rings is 1. The van der Waals surface area contributed by atoms with Crippen molar-refractivity contribution in [1.29, 1.82) is 0 Å². The maximum atomic E-state index is 11.1. The first kappa shape index (κ1) is 15.5. The van der Waals surface area contributed by atoms with Gasteiger partial charge in [0, 0.05) is 19.2 Å². The molecule has 23 heavy (non-hydrogen) atoms. The van der Waals surface area contributed by atoms with Crippen LogP contribution in [0.3, 0.4) is 0 Å². The van der Waals surface area contributed by atoms with Gasteiger partial charge in [-0.25, -0.2) is 9.97 Å². The molecule has 122 valence electrons. The number of methoxy groups -OCH3 is 1. The Bertz CT molecular complexity index is 707. The third-order valence-electron chi connectivity index (χ3n) is 4.03. The van der Waals surface area contributed by atoms with E-state index in [2.05, 4.69) is 14.9 Å². The van der Waals surface area contributed by atoms with Crippen molar-refractivity contribution < 1.29 is 14.3 Å². The quantitative estimate of drug-likeness (QED) is 0.765. The molecule has 0 bridgehead atoms. The van der Waals surface area contributed by atoms with Crippen molar-refractivity contribution in [2.45, 2.75) is 18.9 Å². The van der Waals surface area contributed by atoms with Crippen LogP contribution in [-0.4, -0.2) is 53.6 Å². The van der Waals surface area contributed by atoms with Gasteiger partial charge in [-0.05, 0) is 25.0 Å². The van der Waals surface area contributed by atoms with E-state index in [0.29, 0.717) is 12.5 Å². The normalized spacial score (nSPS) is 17.7. The van der Waals surface area contributed by atoms with E-state index >= 15 is 0 Å². The van der Waals surface area contributed by atoms with Crippen molar-refractivity contribution in [1.82, 2.24) is 14.9 Å². The molecule has 7 nitrogen and oxygen atoms in total. The average molecular weight is 316 g/mol. The lowest BCUT2D eigenvalue weighted by Crippen LogP contribution is -2.55. The summed E-state index contributed by atoms with van der Waals surface area (Å²) >= 11 is 0. The minimum atomic E-state index is -0.244. The number of likely N-dealkylation sites (tertiary alicyclic amines) is 1. The van der Waals surface area contributed by atoms with Crippen LogP contribution >= 0.6 is 0 Å². The molecule has 1 amide bonds. The van der Waals surface area contributed by atoms with Crippen LogP contribution < -0.4 is 15.2 Å². The number of carbonyl (C=O) groups excluding carboxylic acids is 1. The van der Waals surface area contributed by atoms with Crippen molar-refractivity contribution in [2.24, 2.45) is 5.73 Å². The fourth-order valence-electron chi connectivity index (χ4n) is 2.65. The molecule has 0 saturated carbocycles. The number of nitrogens with two attached hydrogens (primary N) is 1. The zero-order chi connectivity index (χ0) is 16.2. The fraction of sp³-hybridized carbons (Fsp3) is 0.438. The van der Waals surface area contributed by atoms with Crippen LogP contribution in [0.4, 0.5) is 0 Å². The van der Waals surface area contributed by atoms with Crippen LogP contribution in [0.25, 0.3) is 11.0 Å². The van der Waals surface area contributed by atoms with Gasteiger partial charge in [0.15, 0.2) is 0 Å². The number of ether oxygens (including phenoxy) is 2. The molecule has 7 heteroatoms. The average Bonchev–Trinajstić information content (AvgIpc) is 2.52. The van der Waals surface area contributed by atoms with Gasteiger partial charge in [0.25, 0.3) is 0 Å². The Kier molecular flexibility index (Phi) is 4.57. The molecule has 1 atom stereocenters. The molecule has 1 aromatic heterocycles. The highest BCUT2D eigenvalue weighted by Crippen LogP contribution is 2.20. The Morgan fingerprint density at radius 1 is 1.43 bits per heavy atom. The maximum Gasteiger partial charge on any atom is 0.234 e. The van der Waals surface area contributed by atoms with Crippen LogP contribution in [0, 0.1) is 0 Å². The Hall–Kier alpha value is -2.41. The van der Waals surface area contributed by atoms with E-state index in [0.717, 1.165) is 42.7 Å². The van der Waals surface area contributed by atoms with E-state index in [4.69, 9.17) is 15.2 Å². The molecule has 1 aromatic carbocycles. The molecular formula is C16H20N4O3. The predicted molar refractivity (Wildman–Crippen MR) is 85.4 cm³/mol. The van der Waals surface area contributed by atoms with Gasteiger partial charge in [-0.2, -0.15) is 0 Å². The Morgan fingerprint density at radius 2 is 2.30 bits per heavy atom. The highest BCUT2D eigenvalue weighted by molar-refractivity contribution is 5.80. The predicted octanol–water partition coefficient (Wildman–Crippen LogP) is 0.967. The number of hydrogen-bond acceptors (Lipinski definition) is 6. The lowest BCUT2D eigenvalue weighted by Gasteiger charge is -2.38. The molecule has 0 aliphatic carbocycles. The van der Waals surface area contributed by atoms with Gasteiger partial charge >= 0.3 is 0 Å². The summed E-state index contributed by atoms with van der Waals surface area (Å²) in [6.45, 7) is 2.23. The van der Waals surface area contributed by atoms with Crippen molar-refractivity contribution in [3.8, 4) is 11.6 Å². The topological polar surface area (TPSA) is 90.6 Å². The van der Waals surface area contributed by atoms with Crippen LogP contribution in [0.5, 0.6) is 11.6 Å². The van der Waals surface area contributed by atoms with Gasteiger partial charge in [-0.15, -0.1) is 0 Å². The van der Waals surface area contributed by atoms with Gasteiger partial charge in [0.2, 0.25) is 11.8 Å². The minimum absolute atomic E-state index is 0.108. The third-order valence-corrected chi connectivity index (χ3v) is 4.03. The van der Waals surface area contributed by atoms with E-state index < -0.39 is 0 Å². The summed E-state index contributed by atoms with van der Waals surface area (Å²) in [6.07, 6.45) is 3.28. The van der Waals surface area contributed by atoms with Gasteiger partial charge in [0.05, 0.1) is 37.0 Å². The maximum absolute atomic E-state index is 11.1. The highest BCUT2D eigenvalue weighted by atomic mass is 16.5. The second-order valence-electron chi connectivity index (χ2n) is 5.51. The summed E-state index contributed by atoms with van der Waals surface area (Å²) in [6, 6.07) is 5.42. The molecule has 0 radical (unpaired) electrons. The zero-order valence-electron chi connectivity index (χ0n) is 13.1. The second kappa shape index (κ2) is 6.78. The van der Waals surface area contributed by atoms with Crippen molar-refractivity contribution in [3.63, 3.8) is 0 Å². The number of hydrogen-bond donors (Lipinski definition) is 1. The molecule has 1 fully saturated rings. The molecule has 2 N–H and O–H groups in total. The van der Waals surface area contributed by atoms with Gasteiger partial charge in [-0.3, -0.25) is 9.69 Å². The van der Waals surface area contributed by atoms with E-state index in [1.807, 2.05) is 18.2 Å². The molecule has 1 aliphatic rings. The van der Waals surface area contributed by atoms with Crippen molar-refractivity contribution in [3.05, 3.63) is 24.4 Å². The Balaban J connectivity index is 1.52. The molecule has 1 aliphatic heterocycles. The molecular weight excluding hydrogens is 296 g/mol. The summed E-state index contributed by atoms with van der Waals surface area (Å²) in [7, 11) is 1.62. The molecule has 2 aromatic rings. The van der Waals surface area contributed by atoms with Crippen molar-refractivity contribution in [2.75, 3.05) is 26.8 Å². The van der Waals surface area contributed by atoms with Crippen molar-refractivity contribution >= 4 is 16.9 Å². The van der Waals surface area contributed by atoms with Crippen LogP contribution in [0.2, 0.25) is 0 Å². The molecule has 2 heterocycles. The van der Waals surface area contributed by atoms with Gasteiger partial charge in [0.1, 0.15) is 5.75 Å². The number of primary amides is 1. The third kappa shape index (κ3) is 3.50. The van der Waals surface area contributed by atoms with E-state index in [9.17, 15) is 4.79 Å². The monoisotopic (exact) mass is 316 g/mol. The number of rotatable bonds is 7. The largest absolute Gasteiger partial charge is 0.497 e. The van der Waals surface area contributed by atoms with Gasteiger partial charge < -0.3 is 15.2 Å². The van der Waals surface area contributed by atoms with E-state index in [1.165, 1.54) is 0 Å². The first-order valence-electron chi connectivity index (χ1n) is 7.64. The summed E-state index contributed by atoms with van der Waals surface area (Å²) in [4.78, 5) is 22.0. The first-order valence-corrected chi connectivity index (χ1v) is 7.64. The number of carbonyl (C=O) groups is 1. The zero-order valence-corrected chi connectivity index (χ0v) is 13.1. The van der Waals surface area contributed by atoms with E-state index in [1.54, 1.807) is 13.3 Å². The molecule has 3 rings (SSSR count). The number of aromatic nitrogens is 2. The summed E-state index contributed by atoms with van der Waals surface area (Å²) in [5, 5.41) is 0. The first-order chi connectivity index (χ1) is 11.2. The lowest BCUT2D eigenvalue weighted by atomic mass is 10.0. The number of fused-ring (bicyclic) bond motifs is 1. The fourth-order valence-corrected chi connectivity index (χ4v) is 2.65. The second-order valence-corrected chi connectivity index (χ2v) is 5.51. The van der Waals surface area contributed by atoms with Crippen LogP contribution in [-0.2, 0) is 4.79 Å². The Labute approximate surface area is 134 Å². The van der Waals surface area contributed by atoms with Crippen LogP contribution in [0.1, 0.15) is 12.8 Å².